The van der Waals surface area contributed by atoms with Gasteiger partial charge in [0, 0.05) is 25.4 Å². The first kappa shape index (κ1) is 23.5. The van der Waals surface area contributed by atoms with Crippen molar-refractivity contribution in [2.45, 2.75) is 45.8 Å². The Bertz CT molecular complexity index is 713. The van der Waals surface area contributed by atoms with Crippen LogP contribution in [0.2, 0.25) is 0 Å². The normalized spacial score (nSPS) is 13.8. The molecule has 2 aromatic rings. The van der Waals surface area contributed by atoms with Crippen molar-refractivity contribution >= 4 is 35.6 Å². The highest BCUT2D eigenvalue weighted by molar-refractivity contribution is 14.0. The summed E-state index contributed by atoms with van der Waals surface area (Å²) in [5.74, 6) is 3.21. The highest BCUT2D eigenvalue weighted by Gasteiger charge is 2.20. The van der Waals surface area contributed by atoms with Gasteiger partial charge >= 0.3 is 0 Å². The fraction of sp³-hybridized carbons (Fsp3) is 0.500. The minimum Gasteiger partial charge on any atom is -0.491 e. The summed E-state index contributed by atoms with van der Waals surface area (Å²) in [6, 6.07) is 11.7. The molecular weight excluding hydrogens is 481 g/mol. The van der Waals surface area contributed by atoms with Gasteiger partial charge in [0.15, 0.2) is 5.96 Å². The van der Waals surface area contributed by atoms with Crippen LogP contribution in [0.25, 0.3) is 0 Å². The van der Waals surface area contributed by atoms with E-state index in [0.29, 0.717) is 6.54 Å². The van der Waals surface area contributed by atoms with Crippen LogP contribution in [0.3, 0.4) is 0 Å². The van der Waals surface area contributed by atoms with Crippen molar-refractivity contribution in [1.82, 2.24) is 5.32 Å². The lowest BCUT2D eigenvalue weighted by atomic mass is 10.3. The Morgan fingerprint density at radius 2 is 2.00 bits per heavy atom. The molecule has 2 N–H and O–H groups in total. The Balaban J connectivity index is 0.00000300. The average molecular weight is 513 g/mol. The number of furan rings is 1. The van der Waals surface area contributed by atoms with Crippen molar-refractivity contribution in [1.29, 1.82) is 0 Å². The van der Waals surface area contributed by atoms with E-state index in [4.69, 9.17) is 13.9 Å². The van der Waals surface area contributed by atoms with Crippen LogP contribution in [0.15, 0.2) is 52.1 Å². The maximum atomic E-state index is 5.69. The molecule has 160 valence electrons. The van der Waals surface area contributed by atoms with Gasteiger partial charge in [-0.3, -0.25) is 0 Å². The predicted molar refractivity (Wildman–Crippen MR) is 127 cm³/mol. The molecule has 1 saturated carbocycles. The summed E-state index contributed by atoms with van der Waals surface area (Å²) in [6.45, 7) is 6.99. The number of nitrogens with one attached hydrogen (secondary N) is 2. The van der Waals surface area contributed by atoms with Gasteiger partial charge < -0.3 is 24.5 Å². The summed E-state index contributed by atoms with van der Waals surface area (Å²) < 4.78 is 16.8. The number of nitrogens with zero attached hydrogens (tertiary/aromatic N) is 1. The molecule has 1 aliphatic rings. The van der Waals surface area contributed by atoms with Crippen LogP contribution < -0.4 is 15.4 Å². The Hall–Kier alpha value is -1.74. The third-order valence-electron chi connectivity index (χ3n) is 4.27. The van der Waals surface area contributed by atoms with Crippen molar-refractivity contribution in [3.8, 4) is 5.75 Å². The van der Waals surface area contributed by atoms with E-state index in [2.05, 4.69) is 15.6 Å². The van der Waals surface area contributed by atoms with E-state index in [1.165, 1.54) is 12.8 Å². The molecule has 0 saturated heterocycles. The largest absolute Gasteiger partial charge is 0.491 e. The van der Waals surface area contributed by atoms with Gasteiger partial charge in [-0.25, -0.2) is 4.99 Å². The topological polar surface area (TPSA) is 68.0 Å². The first-order valence-electron chi connectivity index (χ1n) is 10.1. The Labute approximate surface area is 190 Å². The van der Waals surface area contributed by atoms with E-state index < -0.39 is 0 Å². The zero-order valence-corrected chi connectivity index (χ0v) is 19.6. The molecule has 0 spiro atoms. The molecular formula is C22H32IN3O3. The summed E-state index contributed by atoms with van der Waals surface area (Å²) >= 11 is 0. The second-order valence-corrected chi connectivity index (χ2v) is 7.36. The fourth-order valence-corrected chi connectivity index (χ4v) is 2.64. The van der Waals surface area contributed by atoms with E-state index in [0.717, 1.165) is 55.3 Å². The van der Waals surface area contributed by atoms with Crippen LogP contribution in [0.5, 0.6) is 5.75 Å². The molecule has 0 amide bonds. The number of rotatable bonds is 11. The zero-order valence-electron chi connectivity index (χ0n) is 17.2. The number of hydrogen-bond acceptors (Lipinski definition) is 4. The molecule has 1 aliphatic carbocycles. The molecule has 1 aromatic heterocycles. The lowest BCUT2D eigenvalue weighted by molar-refractivity contribution is 0.123. The van der Waals surface area contributed by atoms with E-state index in [1.807, 2.05) is 50.2 Å². The van der Waals surface area contributed by atoms with Crippen molar-refractivity contribution in [3.63, 3.8) is 0 Å². The van der Waals surface area contributed by atoms with E-state index in [-0.39, 0.29) is 30.1 Å². The highest BCUT2D eigenvalue weighted by atomic mass is 127. The first-order chi connectivity index (χ1) is 13.7. The van der Waals surface area contributed by atoms with Crippen LogP contribution in [-0.2, 0) is 11.3 Å². The molecule has 6 nitrogen and oxygen atoms in total. The first-order valence-corrected chi connectivity index (χ1v) is 10.1. The molecule has 0 atom stereocenters. The van der Waals surface area contributed by atoms with Gasteiger partial charge in [-0.1, -0.05) is 0 Å². The van der Waals surface area contributed by atoms with Crippen molar-refractivity contribution in [2.24, 2.45) is 10.9 Å². The predicted octanol–water partition coefficient (Wildman–Crippen LogP) is 5.06. The lowest BCUT2D eigenvalue weighted by Gasteiger charge is -2.14. The monoisotopic (exact) mass is 513 g/mol. The average Bonchev–Trinajstić information content (AvgIpc) is 3.35. The van der Waals surface area contributed by atoms with Crippen LogP contribution in [0.1, 0.15) is 38.9 Å². The minimum atomic E-state index is 0. The summed E-state index contributed by atoms with van der Waals surface area (Å²) in [5.41, 5.74) is 0.951. The van der Waals surface area contributed by atoms with Crippen molar-refractivity contribution in [2.75, 3.05) is 25.1 Å². The molecule has 0 unspecified atom stereocenters. The van der Waals surface area contributed by atoms with Crippen LogP contribution in [-0.4, -0.2) is 31.8 Å². The third-order valence-corrected chi connectivity index (χ3v) is 4.27. The summed E-state index contributed by atoms with van der Waals surface area (Å²) in [6.07, 6.45) is 5.42. The summed E-state index contributed by atoms with van der Waals surface area (Å²) in [7, 11) is 0. The maximum absolute atomic E-state index is 5.69. The molecule has 0 bridgehead atoms. The van der Waals surface area contributed by atoms with Gasteiger partial charge in [-0.15, -0.1) is 24.0 Å². The molecule has 0 aliphatic heterocycles. The van der Waals surface area contributed by atoms with Gasteiger partial charge in [0.2, 0.25) is 0 Å². The molecule has 1 aromatic carbocycles. The number of ether oxygens (including phenoxy) is 2. The summed E-state index contributed by atoms with van der Waals surface area (Å²) in [4.78, 5) is 4.62. The number of anilines is 1. The van der Waals surface area contributed by atoms with Crippen LogP contribution in [0.4, 0.5) is 5.69 Å². The molecule has 29 heavy (non-hydrogen) atoms. The minimum absolute atomic E-state index is 0. The zero-order chi connectivity index (χ0) is 19.6. The molecule has 0 radical (unpaired) electrons. The van der Waals surface area contributed by atoms with Gasteiger partial charge in [-0.05, 0) is 75.4 Å². The molecule has 3 rings (SSSR count). The number of benzene rings is 1. The quantitative estimate of drug-likeness (QED) is 0.190. The maximum Gasteiger partial charge on any atom is 0.196 e. The number of guanidine groups is 1. The fourth-order valence-electron chi connectivity index (χ4n) is 2.64. The Morgan fingerprint density at radius 1 is 1.21 bits per heavy atom. The second kappa shape index (κ2) is 12.7. The van der Waals surface area contributed by atoms with E-state index in [1.54, 1.807) is 6.26 Å². The van der Waals surface area contributed by atoms with Gasteiger partial charge in [0.25, 0.3) is 0 Å². The summed E-state index contributed by atoms with van der Waals surface area (Å²) in [5, 5.41) is 6.71. The highest BCUT2D eigenvalue weighted by Crippen LogP contribution is 2.28. The molecule has 1 fully saturated rings. The van der Waals surface area contributed by atoms with Gasteiger partial charge in [-0.2, -0.15) is 0 Å². The van der Waals surface area contributed by atoms with Crippen LogP contribution in [0, 0.1) is 5.92 Å². The van der Waals surface area contributed by atoms with Crippen LogP contribution >= 0.6 is 24.0 Å². The van der Waals surface area contributed by atoms with Crippen molar-refractivity contribution < 1.29 is 13.9 Å². The number of hydrogen-bond donors (Lipinski definition) is 2. The molecule has 7 heteroatoms. The molecule has 1 heterocycles. The second-order valence-electron chi connectivity index (χ2n) is 7.36. The van der Waals surface area contributed by atoms with Gasteiger partial charge in [0.05, 0.1) is 12.4 Å². The standard InChI is InChI=1S/C22H31N3O3.HI/c1-17(2)28-20-10-8-19(9-11-20)25-22(24-15-21-5-3-14-27-21)23-12-4-13-26-16-18-6-7-18;/h3,5,8-11,14,17-18H,4,6-7,12-13,15-16H2,1-2H3,(H2,23,24,25);1H. The van der Waals surface area contributed by atoms with Gasteiger partial charge in [0.1, 0.15) is 18.1 Å². The smallest absolute Gasteiger partial charge is 0.196 e. The Kier molecular flexibility index (Phi) is 10.3. The Morgan fingerprint density at radius 3 is 2.66 bits per heavy atom. The third kappa shape index (κ3) is 9.54. The van der Waals surface area contributed by atoms with E-state index in [9.17, 15) is 0 Å². The van der Waals surface area contributed by atoms with E-state index >= 15 is 0 Å². The number of halogens is 1. The number of aliphatic imine (C=N–C) groups is 1. The lowest BCUT2D eigenvalue weighted by Crippen LogP contribution is -2.32. The SMILES string of the molecule is CC(C)Oc1ccc(NC(=NCc2ccco2)NCCCOCC2CC2)cc1.I. The van der Waals surface area contributed by atoms with Crippen molar-refractivity contribution in [3.05, 3.63) is 48.4 Å².